The Balaban J connectivity index is 1.46. The summed E-state index contributed by atoms with van der Waals surface area (Å²) in [7, 11) is 0. The minimum absolute atomic E-state index is 0.00785. The average Bonchev–Trinajstić information content (AvgIpc) is 3.25. The van der Waals surface area contributed by atoms with Gasteiger partial charge >= 0.3 is 23.2 Å². The molecule has 0 fully saturated rings. The molecule has 0 aliphatic heterocycles. The van der Waals surface area contributed by atoms with Crippen molar-refractivity contribution in [1.82, 2.24) is 28.9 Å². The van der Waals surface area contributed by atoms with Gasteiger partial charge in [0.25, 0.3) is 0 Å². The minimum atomic E-state index is -1.85. The van der Waals surface area contributed by atoms with Crippen LogP contribution in [0, 0.1) is 0 Å². The van der Waals surface area contributed by atoms with Gasteiger partial charge in [0.1, 0.15) is 26.4 Å². The van der Waals surface area contributed by atoms with Crippen molar-refractivity contribution in [2.75, 3.05) is 26.2 Å². The maximum atomic E-state index is 13.8. The van der Waals surface area contributed by atoms with E-state index in [1.807, 2.05) is 91.0 Å². The van der Waals surface area contributed by atoms with Crippen molar-refractivity contribution < 1.29 is 33.6 Å². The zero-order valence-corrected chi connectivity index (χ0v) is 37.1. The molecule has 3 amide bonds. The van der Waals surface area contributed by atoms with E-state index in [1.165, 1.54) is 24.0 Å². The Hall–Kier alpha value is -4.97. The normalized spacial score (nSPS) is 11.3. The third kappa shape index (κ3) is 17.1. The lowest BCUT2D eigenvalue weighted by atomic mass is 10.2. The fraction of sp³-hybridized carbons (Fsp3) is 0.442. The van der Waals surface area contributed by atoms with Crippen LogP contribution in [0.1, 0.15) is 69.1 Å². The first-order valence-electron chi connectivity index (χ1n) is 20.3. The predicted molar refractivity (Wildman–Crippen MR) is 234 cm³/mol. The molecule has 0 radical (unpaired) electrons. The van der Waals surface area contributed by atoms with E-state index in [0.29, 0.717) is 25.7 Å². The monoisotopic (exact) mass is 918 g/mol. The number of aromatic nitrogens is 3. The fourth-order valence-electron chi connectivity index (χ4n) is 6.06. The zero-order valence-electron chi connectivity index (χ0n) is 34.9. The maximum Gasteiger partial charge on any atom is 0.434 e. The molecule has 0 aliphatic rings. The molecule has 336 valence electrons. The minimum Gasteiger partial charge on any atom is -0.443 e. The van der Waals surface area contributed by atoms with Crippen LogP contribution in [-0.4, -0.2) is 76.8 Å². The molecule has 4 rings (SSSR count). The standard InChI is InChI=1S/C43H53Cl3N6O10/c1-34(53)50(60-30-36-18-6-3-7-19-36)27-15-12-24-47-39(55)48(25-13-16-28-51(35(2)54)61-31-37-20-8-4-9-21-37)41(57)49(40(47)56)26-14-17-29-52(42(58)59-33-43(44,45)46)62-32-38-22-10-5-11-23-38/h3-11,18-23H,12-17,24-33H2,1-2H3. The first kappa shape index (κ1) is 49.7. The number of nitrogens with zero attached hydrogens (tertiary/aromatic N) is 6. The number of hydroxylamine groups is 6. The molecular weight excluding hydrogens is 867 g/mol. The van der Waals surface area contributed by atoms with Crippen LogP contribution in [0.4, 0.5) is 4.79 Å². The summed E-state index contributed by atoms with van der Waals surface area (Å²) >= 11 is 17.3. The largest absolute Gasteiger partial charge is 0.443 e. The molecule has 0 unspecified atom stereocenters. The van der Waals surface area contributed by atoms with Crippen molar-refractivity contribution in [3.63, 3.8) is 0 Å². The van der Waals surface area contributed by atoms with Gasteiger partial charge < -0.3 is 4.74 Å². The van der Waals surface area contributed by atoms with Gasteiger partial charge in [0, 0.05) is 46.6 Å². The van der Waals surface area contributed by atoms with E-state index in [-0.39, 0.29) is 83.7 Å². The second-order valence-electron chi connectivity index (χ2n) is 14.2. The van der Waals surface area contributed by atoms with Crippen molar-refractivity contribution >= 4 is 52.7 Å². The van der Waals surface area contributed by atoms with Gasteiger partial charge in [-0.2, -0.15) is 5.06 Å². The Morgan fingerprint density at radius 2 is 0.806 bits per heavy atom. The summed E-state index contributed by atoms with van der Waals surface area (Å²) in [4.78, 5) is 96.2. The van der Waals surface area contributed by atoms with Crippen molar-refractivity contribution in [3.8, 4) is 0 Å². The van der Waals surface area contributed by atoms with Crippen LogP contribution in [0.15, 0.2) is 105 Å². The van der Waals surface area contributed by atoms with E-state index in [2.05, 4.69) is 0 Å². The van der Waals surface area contributed by atoms with Gasteiger partial charge in [-0.05, 0) is 55.2 Å². The van der Waals surface area contributed by atoms with Gasteiger partial charge in [0.05, 0.1) is 6.54 Å². The first-order valence-corrected chi connectivity index (χ1v) is 21.4. The van der Waals surface area contributed by atoms with E-state index < -0.39 is 33.6 Å². The van der Waals surface area contributed by atoms with E-state index >= 15 is 0 Å². The summed E-state index contributed by atoms with van der Waals surface area (Å²) in [6, 6.07) is 27.8. The number of unbranched alkanes of at least 4 members (excludes halogenated alkanes) is 3. The molecule has 0 saturated carbocycles. The summed E-state index contributed by atoms with van der Waals surface area (Å²) in [5.74, 6) is -0.601. The second kappa shape index (κ2) is 25.8. The van der Waals surface area contributed by atoms with Crippen LogP contribution >= 0.6 is 34.8 Å². The highest BCUT2D eigenvalue weighted by Crippen LogP contribution is 2.26. The smallest absolute Gasteiger partial charge is 0.434 e. The number of carbonyl (C=O) groups is 3. The molecule has 4 aromatic rings. The highest BCUT2D eigenvalue weighted by molar-refractivity contribution is 6.67. The Labute approximate surface area is 374 Å². The third-order valence-electron chi connectivity index (χ3n) is 9.32. The first-order chi connectivity index (χ1) is 29.7. The zero-order chi connectivity index (χ0) is 44.9. The number of amides is 3. The van der Waals surface area contributed by atoms with Crippen LogP contribution < -0.4 is 17.1 Å². The van der Waals surface area contributed by atoms with Crippen LogP contribution in [-0.2, 0) is 68.3 Å². The average molecular weight is 920 g/mol. The highest BCUT2D eigenvalue weighted by atomic mass is 35.6. The molecule has 1 aromatic heterocycles. The molecule has 0 N–H and O–H groups in total. The number of halogens is 3. The Kier molecular flexibility index (Phi) is 20.7. The molecule has 0 aliphatic carbocycles. The number of benzene rings is 3. The van der Waals surface area contributed by atoms with E-state index in [9.17, 15) is 28.8 Å². The fourth-order valence-corrected chi connectivity index (χ4v) is 6.23. The number of rotatable bonds is 25. The molecule has 0 bridgehead atoms. The number of hydrogen-bond acceptors (Lipinski definition) is 10. The lowest BCUT2D eigenvalue weighted by molar-refractivity contribution is -0.189. The van der Waals surface area contributed by atoms with E-state index in [0.717, 1.165) is 35.5 Å². The quantitative estimate of drug-likeness (QED) is 0.0412. The lowest BCUT2D eigenvalue weighted by Gasteiger charge is -2.22. The van der Waals surface area contributed by atoms with Crippen molar-refractivity contribution in [3.05, 3.63) is 139 Å². The predicted octanol–water partition coefficient (Wildman–Crippen LogP) is 6.41. The van der Waals surface area contributed by atoms with E-state index in [1.54, 1.807) is 0 Å². The molecular formula is C43H53Cl3N6O10. The number of hydrogen-bond donors (Lipinski definition) is 0. The Bertz CT molecular complexity index is 2080. The number of ether oxygens (including phenoxy) is 1. The van der Waals surface area contributed by atoms with Crippen LogP contribution in [0.25, 0.3) is 0 Å². The number of alkyl halides is 3. The molecule has 0 saturated heterocycles. The maximum absolute atomic E-state index is 13.8. The summed E-state index contributed by atoms with van der Waals surface area (Å²) in [6.07, 6.45) is 0.950. The SMILES string of the molecule is CC(=O)N(CCCCn1c(=O)n(CCCCN(OCc2ccccc2)C(C)=O)c(=O)n(CCCCN(OCc2ccccc2)C(=O)OCC(Cl)(Cl)Cl)c1=O)OCc1ccccc1. The molecule has 19 heteroatoms. The van der Waals surface area contributed by atoms with Gasteiger partial charge in [-0.25, -0.2) is 43.0 Å². The van der Waals surface area contributed by atoms with Gasteiger partial charge in [0.15, 0.2) is 0 Å². The molecule has 0 spiro atoms. The van der Waals surface area contributed by atoms with Crippen molar-refractivity contribution in [1.29, 1.82) is 0 Å². The van der Waals surface area contributed by atoms with Crippen LogP contribution in [0.5, 0.6) is 0 Å². The third-order valence-corrected chi connectivity index (χ3v) is 9.65. The summed E-state index contributed by atoms with van der Waals surface area (Å²) in [6.45, 7) is 2.88. The lowest BCUT2D eigenvalue weighted by Crippen LogP contribution is -2.54. The molecule has 3 aromatic carbocycles. The van der Waals surface area contributed by atoms with Crippen molar-refractivity contribution in [2.45, 2.75) is 95.6 Å². The molecule has 0 atom stereocenters. The van der Waals surface area contributed by atoms with Gasteiger partial charge in [-0.3, -0.25) is 24.1 Å². The number of carbonyl (C=O) groups excluding carboxylic acids is 3. The second-order valence-corrected chi connectivity index (χ2v) is 16.7. The van der Waals surface area contributed by atoms with Crippen LogP contribution in [0.2, 0.25) is 0 Å². The highest BCUT2D eigenvalue weighted by Gasteiger charge is 2.25. The Morgan fingerprint density at radius 1 is 0.500 bits per heavy atom. The molecule has 16 nitrogen and oxygen atoms in total. The molecule has 1 heterocycles. The van der Waals surface area contributed by atoms with Crippen molar-refractivity contribution in [2.24, 2.45) is 0 Å². The van der Waals surface area contributed by atoms with E-state index in [4.69, 9.17) is 54.1 Å². The van der Waals surface area contributed by atoms with Gasteiger partial charge in [-0.15, -0.1) is 0 Å². The summed E-state index contributed by atoms with van der Waals surface area (Å²) in [5, 5.41) is 3.46. The Morgan fingerprint density at radius 3 is 1.11 bits per heavy atom. The molecule has 62 heavy (non-hydrogen) atoms. The topological polar surface area (TPSA) is 164 Å². The van der Waals surface area contributed by atoms with Gasteiger partial charge in [-0.1, -0.05) is 126 Å². The summed E-state index contributed by atoms with van der Waals surface area (Å²) in [5.41, 5.74) is 0.181. The van der Waals surface area contributed by atoms with Crippen LogP contribution in [0.3, 0.4) is 0 Å². The van der Waals surface area contributed by atoms with Gasteiger partial charge in [0.2, 0.25) is 15.6 Å². The summed E-state index contributed by atoms with van der Waals surface area (Å²) < 4.78 is 6.30.